The Morgan fingerprint density at radius 1 is 1.36 bits per heavy atom. The topological polar surface area (TPSA) is 25.8 Å². The third kappa shape index (κ3) is 1.79. The van der Waals surface area contributed by atoms with Crippen molar-refractivity contribution in [3.63, 3.8) is 0 Å². The zero-order valence-electron chi connectivity index (χ0n) is 9.03. The maximum atomic E-state index is 4.25. The predicted octanol–water partition coefficient (Wildman–Crippen LogP) is 2.94. The van der Waals surface area contributed by atoms with Crippen LogP contribution in [0.2, 0.25) is 0 Å². The molecule has 14 heavy (non-hydrogen) atoms. The van der Waals surface area contributed by atoms with E-state index >= 15 is 0 Å². The van der Waals surface area contributed by atoms with Crippen LogP contribution >= 0.6 is 0 Å². The fourth-order valence-corrected chi connectivity index (χ4v) is 2.28. The fraction of sp³-hybridized carbons (Fsp3) is 0.667. The number of hydrogen-bond donors (Lipinski definition) is 0. The minimum atomic E-state index is 0.279. The van der Waals surface area contributed by atoms with Gasteiger partial charge in [-0.25, -0.2) is 0 Å². The summed E-state index contributed by atoms with van der Waals surface area (Å²) in [5, 5.41) is 8.22. The Kier molecular flexibility index (Phi) is 2.53. The van der Waals surface area contributed by atoms with Crippen molar-refractivity contribution in [1.82, 2.24) is 10.2 Å². The lowest BCUT2D eigenvalue weighted by Crippen LogP contribution is -2.29. The molecule has 1 aromatic rings. The molecular weight excluding hydrogens is 172 g/mol. The van der Waals surface area contributed by atoms with Gasteiger partial charge in [0.2, 0.25) is 0 Å². The Hall–Kier alpha value is -0.920. The molecule has 0 aromatic carbocycles. The molecule has 0 amide bonds. The van der Waals surface area contributed by atoms with Gasteiger partial charge in [-0.15, -0.1) is 0 Å². The number of nitrogens with zero attached hydrogens (tertiary/aromatic N) is 2. The predicted molar refractivity (Wildman–Crippen MR) is 57.0 cm³/mol. The second kappa shape index (κ2) is 3.68. The molecule has 1 saturated carbocycles. The van der Waals surface area contributed by atoms with Crippen molar-refractivity contribution in [2.24, 2.45) is 5.92 Å². The molecule has 1 heterocycles. The SMILES string of the molecule is CC1CCC(C)(c2cccnn2)CC1. The van der Waals surface area contributed by atoms with Gasteiger partial charge in [0.15, 0.2) is 0 Å². The summed E-state index contributed by atoms with van der Waals surface area (Å²) in [5.74, 6) is 0.889. The molecule has 1 aliphatic carbocycles. The first-order valence-electron chi connectivity index (χ1n) is 5.49. The van der Waals surface area contributed by atoms with Crippen LogP contribution in [0.15, 0.2) is 18.3 Å². The normalized spacial score (nSPS) is 32.9. The molecular formula is C12H18N2. The van der Waals surface area contributed by atoms with Gasteiger partial charge in [0.25, 0.3) is 0 Å². The summed E-state index contributed by atoms with van der Waals surface area (Å²) in [6, 6.07) is 4.11. The third-order valence-electron chi connectivity index (χ3n) is 3.57. The Morgan fingerprint density at radius 3 is 2.64 bits per heavy atom. The minimum Gasteiger partial charge on any atom is -0.159 e. The van der Waals surface area contributed by atoms with Crippen LogP contribution in [-0.4, -0.2) is 10.2 Å². The van der Waals surface area contributed by atoms with E-state index in [-0.39, 0.29) is 5.41 Å². The van der Waals surface area contributed by atoms with E-state index in [4.69, 9.17) is 0 Å². The van der Waals surface area contributed by atoms with Gasteiger partial charge in [0.05, 0.1) is 5.69 Å². The molecule has 1 aromatic heterocycles. The second-order valence-corrected chi connectivity index (χ2v) is 4.85. The van der Waals surface area contributed by atoms with Crippen molar-refractivity contribution < 1.29 is 0 Å². The van der Waals surface area contributed by atoms with Gasteiger partial charge in [0.1, 0.15) is 0 Å². The maximum Gasteiger partial charge on any atom is 0.0689 e. The van der Waals surface area contributed by atoms with Crippen molar-refractivity contribution in [1.29, 1.82) is 0 Å². The van der Waals surface area contributed by atoms with E-state index in [0.29, 0.717) is 0 Å². The molecule has 0 unspecified atom stereocenters. The third-order valence-corrected chi connectivity index (χ3v) is 3.57. The van der Waals surface area contributed by atoms with E-state index in [0.717, 1.165) is 5.92 Å². The van der Waals surface area contributed by atoms with Crippen LogP contribution in [0.25, 0.3) is 0 Å². The number of hydrogen-bond acceptors (Lipinski definition) is 2. The summed E-state index contributed by atoms with van der Waals surface area (Å²) < 4.78 is 0. The van der Waals surface area contributed by atoms with E-state index in [1.165, 1.54) is 31.4 Å². The average molecular weight is 190 g/mol. The van der Waals surface area contributed by atoms with Gasteiger partial charge in [0, 0.05) is 11.6 Å². The molecule has 0 N–H and O–H groups in total. The van der Waals surface area contributed by atoms with E-state index in [1.807, 2.05) is 6.07 Å². The van der Waals surface area contributed by atoms with Crippen LogP contribution in [0, 0.1) is 5.92 Å². The Labute approximate surface area is 85.8 Å². The van der Waals surface area contributed by atoms with Gasteiger partial charge in [-0.3, -0.25) is 0 Å². The molecule has 76 valence electrons. The minimum absolute atomic E-state index is 0.279. The first-order chi connectivity index (χ1) is 6.71. The van der Waals surface area contributed by atoms with Crippen molar-refractivity contribution >= 4 is 0 Å². The van der Waals surface area contributed by atoms with Crippen LogP contribution in [0.3, 0.4) is 0 Å². The molecule has 2 rings (SSSR count). The Balaban J connectivity index is 2.17. The summed E-state index contributed by atoms with van der Waals surface area (Å²) in [7, 11) is 0. The van der Waals surface area contributed by atoms with E-state index in [1.54, 1.807) is 6.20 Å². The Bertz CT molecular complexity index is 286. The van der Waals surface area contributed by atoms with Crippen LogP contribution < -0.4 is 0 Å². The largest absolute Gasteiger partial charge is 0.159 e. The summed E-state index contributed by atoms with van der Waals surface area (Å²) in [4.78, 5) is 0. The zero-order chi connectivity index (χ0) is 10.0. The molecule has 0 spiro atoms. The summed E-state index contributed by atoms with van der Waals surface area (Å²) in [6.45, 7) is 4.67. The summed E-state index contributed by atoms with van der Waals surface area (Å²) in [6.07, 6.45) is 6.91. The second-order valence-electron chi connectivity index (χ2n) is 4.85. The first-order valence-corrected chi connectivity index (χ1v) is 5.49. The molecule has 2 nitrogen and oxygen atoms in total. The van der Waals surface area contributed by atoms with Gasteiger partial charge in [-0.2, -0.15) is 10.2 Å². The molecule has 1 aliphatic rings. The van der Waals surface area contributed by atoms with E-state index < -0.39 is 0 Å². The van der Waals surface area contributed by atoms with Gasteiger partial charge in [-0.1, -0.05) is 13.8 Å². The van der Waals surface area contributed by atoms with Crippen molar-refractivity contribution in [2.75, 3.05) is 0 Å². The first kappa shape index (κ1) is 9.63. The maximum absolute atomic E-state index is 4.25. The highest BCUT2D eigenvalue weighted by Gasteiger charge is 2.32. The highest BCUT2D eigenvalue weighted by molar-refractivity contribution is 5.14. The van der Waals surface area contributed by atoms with Gasteiger partial charge in [-0.05, 0) is 43.7 Å². The van der Waals surface area contributed by atoms with Crippen molar-refractivity contribution in [3.8, 4) is 0 Å². The van der Waals surface area contributed by atoms with Crippen LogP contribution in [-0.2, 0) is 5.41 Å². The monoisotopic (exact) mass is 190 g/mol. The number of aromatic nitrogens is 2. The van der Waals surface area contributed by atoms with Crippen molar-refractivity contribution in [2.45, 2.75) is 44.9 Å². The standard InChI is InChI=1S/C12H18N2/c1-10-5-7-12(2,8-6-10)11-4-3-9-13-14-11/h3-4,9-10H,5-8H2,1-2H3. The molecule has 2 heteroatoms. The van der Waals surface area contributed by atoms with Crippen LogP contribution in [0.4, 0.5) is 0 Å². The van der Waals surface area contributed by atoms with E-state index in [9.17, 15) is 0 Å². The molecule has 0 saturated heterocycles. The highest BCUT2D eigenvalue weighted by Crippen LogP contribution is 2.39. The molecule has 0 radical (unpaired) electrons. The molecule has 1 fully saturated rings. The lowest BCUT2D eigenvalue weighted by Gasteiger charge is -2.35. The zero-order valence-corrected chi connectivity index (χ0v) is 9.03. The molecule has 0 bridgehead atoms. The van der Waals surface area contributed by atoms with Crippen LogP contribution in [0.1, 0.15) is 45.2 Å². The highest BCUT2D eigenvalue weighted by atomic mass is 15.1. The smallest absolute Gasteiger partial charge is 0.0689 e. The van der Waals surface area contributed by atoms with Gasteiger partial charge < -0.3 is 0 Å². The van der Waals surface area contributed by atoms with Crippen molar-refractivity contribution in [3.05, 3.63) is 24.0 Å². The molecule has 0 aliphatic heterocycles. The average Bonchev–Trinajstić information content (AvgIpc) is 2.24. The summed E-state index contributed by atoms with van der Waals surface area (Å²) >= 11 is 0. The molecule has 0 atom stereocenters. The lowest BCUT2D eigenvalue weighted by molar-refractivity contribution is 0.254. The lowest BCUT2D eigenvalue weighted by atomic mass is 9.70. The summed E-state index contributed by atoms with van der Waals surface area (Å²) in [5.41, 5.74) is 1.45. The van der Waals surface area contributed by atoms with E-state index in [2.05, 4.69) is 30.1 Å². The quantitative estimate of drug-likeness (QED) is 0.680. The van der Waals surface area contributed by atoms with Crippen LogP contribution in [0.5, 0.6) is 0 Å². The van der Waals surface area contributed by atoms with Gasteiger partial charge >= 0.3 is 0 Å². The fourth-order valence-electron chi connectivity index (χ4n) is 2.28. The Morgan fingerprint density at radius 2 is 2.07 bits per heavy atom. The number of rotatable bonds is 1.